The molecule has 1 atom stereocenters. The molecule has 1 aromatic carbocycles. The van der Waals surface area contributed by atoms with E-state index >= 15 is 0 Å². The fourth-order valence-corrected chi connectivity index (χ4v) is 2.60. The lowest BCUT2D eigenvalue weighted by atomic mass is 9.96. The Morgan fingerprint density at radius 2 is 1.92 bits per heavy atom. The first-order valence-electron chi connectivity index (χ1n) is 7.09. The van der Waals surface area contributed by atoms with Gasteiger partial charge in [0.05, 0.1) is 12.0 Å². The fraction of sp³-hybridized carbons (Fsp3) is 0.188. The Balaban J connectivity index is 2.07. The number of aliphatic hydroxyl groups is 1. The highest BCUT2D eigenvalue weighted by atomic mass is 35.5. The van der Waals surface area contributed by atoms with Gasteiger partial charge in [0.15, 0.2) is 5.72 Å². The minimum absolute atomic E-state index is 0.00191. The smallest absolute Gasteiger partial charge is 0.365 e. The molecule has 0 spiro atoms. The number of hydrogen-bond acceptors (Lipinski definition) is 4. The van der Waals surface area contributed by atoms with Gasteiger partial charge in [0.1, 0.15) is 5.71 Å². The van der Waals surface area contributed by atoms with Crippen molar-refractivity contribution in [3.05, 3.63) is 64.9 Å². The van der Waals surface area contributed by atoms with Gasteiger partial charge in [0, 0.05) is 23.0 Å². The molecule has 0 fully saturated rings. The maximum atomic E-state index is 13.1. The third kappa shape index (κ3) is 3.22. The van der Waals surface area contributed by atoms with Crippen LogP contribution in [0.25, 0.3) is 0 Å². The molecular formula is C16H11ClF3N3O2. The van der Waals surface area contributed by atoms with Crippen molar-refractivity contribution in [3.63, 3.8) is 0 Å². The van der Waals surface area contributed by atoms with Gasteiger partial charge in [0.25, 0.3) is 5.91 Å². The van der Waals surface area contributed by atoms with Crippen LogP contribution in [0.4, 0.5) is 13.2 Å². The Hall–Kier alpha value is -2.45. The maximum absolute atomic E-state index is 13.1. The normalized spacial score (nSPS) is 20.5. The van der Waals surface area contributed by atoms with E-state index in [4.69, 9.17) is 11.6 Å². The number of nitrogens with zero attached hydrogens (tertiary/aromatic N) is 3. The summed E-state index contributed by atoms with van der Waals surface area (Å²) in [5.41, 5.74) is -3.45. The SMILES string of the molecule is O=C(c1cccnc1)N1N=C(C(F)(F)F)C[C@@]1(O)c1ccc(Cl)cc1. The van der Waals surface area contributed by atoms with Crippen molar-refractivity contribution >= 4 is 23.2 Å². The van der Waals surface area contributed by atoms with E-state index in [-0.39, 0.29) is 11.1 Å². The molecule has 2 aromatic rings. The minimum Gasteiger partial charge on any atom is -0.365 e. The molecule has 0 radical (unpaired) electrons. The summed E-state index contributed by atoms with van der Waals surface area (Å²) in [5.74, 6) is -0.898. The maximum Gasteiger partial charge on any atom is 0.431 e. The molecule has 1 N–H and O–H groups in total. The molecule has 5 nitrogen and oxygen atoms in total. The number of alkyl halides is 3. The zero-order valence-electron chi connectivity index (χ0n) is 12.5. The van der Waals surface area contributed by atoms with E-state index in [2.05, 4.69) is 10.1 Å². The minimum atomic E-state index is -4.77. The molecule has 0 saturated heterocycles. The molecule has 1 amide bonds. The first kappa shape index (κ1) is 17.4. The Bertz CT molecular complexity index is 825. The number of benzene rings is 1. The number of hydrogen-bond donors (Lipinski definition) is 1. The highest BCUT2D eigenvalue weighted by molar-refractivity contribution is 6.30. The van der Waals surface area contributed by atoms with Gasteiger partial charge in [-0.15, -0.1) is 0 Å². The van der Waals surface area contributed by atoms with Crippen molar-refractivity contribution in [3.8, 4) is 0 Å². The summed E-state index contributed by atoms with van der Waals surface area (Å²) in [7, 11) is 0. The Morgan fingerprint density at radius 1 is 1.24 bits per heavy atom. The van der Waals surface area contributed by atoms with Crippen LogP contribution < -0.4 is 0 Å². The average Bonchev–Trinajstić information content (AvgIpc) is 2.94. The molecule has 0 saturated carbocycles. The number of aromatic nitrogens is 1. The molecule has 3 rings (SSSR count). The molecule has 25 heavy (non-hydrogen) atoms. The van der Waals surface area contributed by atoms with Gasteiger partial charge in [-0.2, -0.15) is 23.3 Å². The summed E-state index contributed by atoms with van der Waals surface area (Å²) in [6.45, 7) is 0. The summed E-state index contributed by atoms with van der Waals surface area (Å²) in [5, 5.41) is 15.0. The van der Waals surface area contributed by atoms with E-state index in [1.54, 1.807) is 0 Å². The Kier molecular flexibility index (Phi) is 4.26. The molecular weight excluding hydrogens is 359 g/mol. The summed E-state index contributed by atoms with van der Waals surface area (Å²) in [4.78, 5) is 16.4. The molecule has 1 aliphatic heterocycles. The van der Waals surface area contributed by atoms with E-state index in [0.29, 0.717) is 10.0 Å². The fourth-order valence-electron chi connectivity index (χ4n) is 2.47. The van der Waals surface area contributed by atoms with Crippen molar-refractivity contribution in [2.45, 2.75) is 18.3 Å². The standard InChI is InChI=1S/C16H11ClF3N3O2/c17-12-5-3-11(4-6-12)15(25)8-13(16(18,19)20)22-23(15)14(24)10-2-1-7-21-9-10/h1-7,9,25H,8H2/t15-/m1/s1. The lowest BCUT2D eigenvalue weighted by Crippen LogP contribution is -2.43. The van der Waals surface area contributed by atoms with Crippen LogP contribution in [0.1, 0.15) is 22.3 Å². The van der Waals surface area contributed by atoms with Gasteiger partial charge in [-0.1, -0.05) is 23.7 Å². The van der Waals surface area contributed by atoms with Crippen molar-refractivity contribution in [2.24, 2.45) is 5.10 Å². The topological polar surface area (TPSA) is 65.8 Å². The van der Waals surface area contributed by atoms with Crippen LogP contribution in [-0.2, 0) is 5.72 Å². The zero-order valence-corrected chi connectivity index (χ0v) is 13.3. The quantitative estimate of drug-likeness (QED) is 0.883. The van der Waals surface area contributed by atoms with Crippen molar-refractivity contribution in [1.82, 2.24) is 9.99 Å². The Morgan fingerprint density at radius 3 is 2.48 bits per heavy atom. The van der Waals surface area contributed by atoms with E-state index in [1.165, 1.54) is 48.8 Å². The number of hydrazone groups is 1. The van der Waals surface area contributed by atoms with Crippen LogP contribution in [0.2, 0.25) is 5.02 Å². The first-order chi connectivity index (χ1) is 11.7. The predicted molar refractivity (Wildman–Crippen MR) is 83.9 cm³/mol. The van der Waals surface area contributed by atoms with Crippen LogP contribution in [0, 0.1) is 0 Å². The van der Waals surface area contributed by atoms with Crippen LogP contribution in [0.5, 0.6) is 0 Å². The van der Waals surface area contributed by atoms with E-state index < -0.39 is 29.9 Å². The van der Waals surface area contributed by atoms with Crippen LogP contribution in [0.3, 0.4) is 0 Å². The highest BCUT2D eigenvalue weighted by Crippen LogP contribution is 2.40. The molecule has 2 heterocycles. The van der Waals surface area contributed by atoms with Gasteiger partial charge >= 0.3 is 6.18 Å². The van der Waals surface area contributed by atoms with Gasteiger partial charge in [-0.25, -0.2) is 0 Å². The first-order valence-corrected chi connectivity index (χ1v) is 7.47. The average molecular weight is 370 g/mol. The molecule has 1 aliphatic rings. The third-order valence-electron chi connectivity index (χ3n) is 3.72. The zero-order chi connectivity index (χ0) is 18.2. The van der Waals surface area contributed by atoms with Gasteiger partial charge in [-0.05, 0) is 24.3 Å². The van der Waals surface area contributed by atoms with E-state index in [9.17, 15) is 23.1 Å². The van der Waals surface area contributed by atoms with Crippen molar-refractivity contribution < 1.29 is 23.1 Å². The second kappa shape index (κ2) is 6.12. The summed E-state index contributed by atoms with van der Waals surface area (Å²) in [6.07, 6.45) is -3.06. The molecule has 0 unspecified atom stereocenters. The van der Waals surface area contributed by atoms with Gasteiger partial charge in [-0.3, -0.25) is 9.78 Å². The predicted octanol–water partition coefficient (Wildman–Crippen LogP) is 3.34. The Labute approximate surface area is 145 Å². The number of rotatable bonds is 2. The van der Waals surface area contributed by atoms with Crippen LogP contribution in [-0.4, -0.2) is 32.9 Å². The third-order valence-corrected chi connectivity index (χ3v) is 3.97. The molecule has 1 aromatic heterocycles. The molecule has 0 aliphatic carbocycles. The van der Waals surface area contributed by atoms with Crippen molar-refractivity contribution in [2.75, 3.05) is 0 Å². The second-order valence-corrected chi connectivity index (χ2v) is 5.84. The summed E-state index contributed by atoms with van der Waals surface area (Å²) >= 11 is 5.78. The highest BCUT2D eigenvalue weighted by Gasteiger charge is 2.53. The van der Waals surface area contributed by atoms with Crippen LogP contribution in [0.15, 0.2) is 53.9 Å². The molecule has 0 bridgehead atoms. The van der Waals surface area contributed by atoms with Gasteiger partial charge in [0.2, 0.25) is 0 Å². The summed E-state index contributed by atoms with van der Waals surface area (Å²) < 4.78 is 39.3. The number of carbonyl (C=O) groups excluding carboxylic acids is 1. The van der Waals surface area contributed by atoms with E-state index in [1.807, 2.05) is 0 Å². The largest absolute Gasteiger partial charge is 0.431 e. The monoisotopic (exact) mass is 369 g/mol. The number of carbonyl (C=O) groups is 1. The van der Waals surface area contributed by atoms with Gasteiger partial charge < -0.3 is 5.11 Å². The molecule has 9 heteroatoms. The van der Waals surface area contributed by atoms with Crippen LogP contribution >= 0.6 is 11.6 Å². The lowest BCUT2D eigenvalue weighted by molar-refractivity contribution is -0.0816. The summed E-state index contributed by atoms with van der Waals surface area (Å²) in [6, 6.07) is 8.35. The number of pyridine rings is 1. The number of halogens is 4. The number of amides is 1. The van der Waals surface area contributed by atoms with Crippen molar-refractivity contribution in [1.29, 1.82) is 0 Å². The lowest BCUT2D eigenvalue weighted by Gasteiger charge is -2.31. The second-order valence-electron chi connectivity index (χ2n) is 5.40. The van der Waals surface area contributed by atoms with E-state index in [0.717, 1.165) is 0 Å². The molecule has 130 valence electrons.